The molecule has 1 aromatic carbocycles. The lowest BCUT2D eigenvalue weighted by Crippen LogP contribution is -2.37. The first kappa shape index (κ1) is 30.5. The Balaban J connectivity index is 1.56. The Kier molecular flexibility index (Phi) is 10.0. The zero-order valence-corrected chi connectivity index (χ0v) is 25.1. The van der Waals surface area contributed by atoms with Gasteiger partial charge in [-0.25, -0.2) is 14.5 Å². The molecule has 2 aliphatic rings. The fourth-order valence-electron chi connectivity index (χ4n) is 5.17. The molecule has 0 radical (unpaired) electrons. The molecule has 12 heteroatoms. The highest BCUT2D eigenvalue weighted by Crippen LogP contribution is 2.40. The van der Waals surface area contributed by atoms with Crippen molar-refractivity contribution in [2.45, 2.75) is 45.1 Å². The minimum atomic E-state index is -4.27. The lowest BCUT2D eigenvalue weighted by atomic mass is 9.93. The maximum atomic E-state index is 13.1. The van der Waals surface area contributed by atoms with E-state index < -0.39 is 21.1 Å². The number of amides is 2. The van der Waals surface area contributed by atoms with Crippen molar-refractivity contribution in [1.29, 1.82) is 0 Å². The molecule has 0 bridgehead atoms. The van der Waals surface area contributed by atoms with Crippen molar-refractivity contribution in [2.75, 3.05) is 52.6 Å². The number of rotatable bonds is 10. The first-order chi connectivity index (χ1) is 19.5. The fourth-order valence-corrected chi connectivity index (χ4v) is 5.83. The van der Waals surface area contributed by atoms with Gasteiger partial charge in [-0.1, -0.05) is 6.07 Å². The molecule has 222 valence electrons. The van der Waals surface area contributed by atoms with Crippen molar-refractivity contribution in [3.05, 3.63) is 52.2 Å². The third kappa shape index (κ3) is 8.05. The molecule has 0 saturated carbocycles. The molecule has 1 aliphatic carbocycles. The predicted octanol–water partition coefficient (Wildman–Crippen LogP) is 2.90. The predicted molar refractivity (Wildman–Crippen MR) is 163 cm³/mol. The Morgan fingerprint density at radius 1 is 1.27 bits per heavy atom. The summed E-state index contributed by atoms with van der Waals surface area (Å²) >= 11 is 0. The number of allylic oxidation sites excluding steroid dienone is 1. The van der Waals surface area contributed by atoms with Gasteiger partial charge >= 0.3 is 6.03 Å². The van der Waals surface area contributed by atoms with Crippen LogP contribution in [0, 0.1) is 6.92 Å². The van der Waals surface area contributed by atoms with E-state index in [0.29, 0.717) is 24.7 Å². The Bertz CT molecular complexity index is 1410. The second-order valence-corrected chi connectivity index (χ2v) is 12.6. The Morgan fingerprint density at radius 2 is 2.02 bits per heavy atom. The quantitative estimate of drug-likeness (QED) is 0.363. The van der Waals surface area contributed by atoms with Gasteiger partial charge in [0.1, 0.15) is 11.1 Å². The van der Waals surface area contributed by atoms with Crippen LogP contribution in [0.1, 0.15) is 36.0 Å². The summed E-state index contributed by atoms with van der Waals surface area (Å²) in [6, 6.07) is 5.02. The van der Waals surface area contributed by atoms with E-state index in [1.54, 1.807) is 6.20 Å². The number of pyridine rings is 1. The Hall–Kier alpha value is -3.48. The van der Waals surface area contributed by atoms with Crippen molar-refractivity contribution < 1.29 is 17.9 Å². The van der Waals surface area contributed by atoms with Crippen LogP contribution in [0.4, 0.5) is 10.5 Å². The van der Waals surface area contributed by atoms with Gasteiger partial charge in [-0.3, -0.25) is 4.99 Å². The molecule has 1 fully saturated rings. The number of ether oxygens (including phenoxy) is 1. The Labute approximate surface area is 242 Å². The fraction of sp³-hybridized carbons (Fsp3) is 0.483. The Morgan fingerprint density at radius 3 is 2.76 bits per heavy atom. The minimum Gasteiger partial charge on any atom is -0.474 e. The van der Waals surface area contributed by atoms with E-state index in [4.69, 9.17) is 10.5 Å². The van der Waals surface area contributed by atoms with Crippen molar-refractivity contribution >= 4 is 28.0 Å². The van der Waals surface area contributed by atoms with Crippen LogP contribution < -0.4 is 20.5 Å². The number of aliphatic imine (C=N–C) groups is 1. The maximum Gasteiger partial charge on any atom is 0.333 e. The number of carbonyl (C=O) groups excluding carboxylic acids is 1. The average Bonchev–Trinajstić information content (AvgIpc) is 3.38. The van der Waals surface area contributed by atoms with Crippen LogP contribution in [0.5, 0.6) is 5.88 Å². The van der Waals surface area contributed by atoms with Gasteiger partial charge in [-0.2, -0.15) is 8.42 Å². The van der Waals surface area contributed by atoms with Crippen LogP contribution in [0.25, 0.3) is 11.1 Å². The summed E-state index contributed by atoms with van der Waals surface area (Å²) in [5.41, 5.74) is 11.1. The first-order valence-corrected chi connectivity index (χ1v) is 15.4. The summed E-state index contributed by atoms with van der Waals surface area (Å²) in [7, 11) is 1.67. The summed E-state index contributed by atoms with van der Waals surface area (Å²) in [5, 5.41) is 2.34. The van der Waals surface area contributed by atoms with Gasteiger partial charge in [0, 0.05) is 43.7 Å². The summed E-state index contributed by atoms with van der Waals surface area (Å²) in [6.07, 6.45) is 8.79. The monoisotopic (exact) mass is 583 g/mol. The van der Waals surface area contributed by atoms with Crippen LogP contribution in [0.3, 0.4) is 0 Å². The molecule has 4 rings (SSSR count). The molecule has 1 aromatic heterocycles. The third-order valence-corrected chi connectivity index (χ3v) is 8.58. The summed E-state index contributed by atoms with van der Waals surface area (Å²) < 4.78 is 33.8. The van der Waals surface area contributed by atoms with Gasteiger partial charge in [-0.15, -0.1) is 0 Å². The number of urea groups is 1. The lowest BCUT2D eigenvalue weighted by Gasteiger charge is -2.29. The number of aryl methyl sites for hydroxylation is 2. The van der Waals surface area contributed by atoms with Gasteiger partial charge in [0.05, 0.1) is 12.2 Å². The number of aromatic nitrogens is 1. The van der Waals surface area contributed by atoms with Gasteiger partial charge in [-0.05, 0) is 94.6 Å². The van der Waals surface area contributed by atoms with E-state index in [9.17, 15) is 13.2 Å². The third-order valence-electron chi connectivity index (χ3n) is 7.37. The molecule has 2 aromatic rings. The van der Waals surface area contributed by atoms with Crippen molar-refractivity contribution in [1.82, 2.24) is 19.5 Å². The van der Waals surface area contributed by atoms with Crippen LogP contribution in [-0.4, -0.2) is 88.9 Å². The highest BCUT2D eigenvalue weighted by molar-refractivity contribution is 7.93. The number of likely N-dealkylation sites (N-methyl/N-ethyl adjacent to an activating group) is 1. The highest BCUT2D eigenvalue weighted by Gasteiger charge is 2.25. The van der Waals surface area contributed by atoms with E-state index in [-0.39, 0.29) is 6.10 Å². The molecule has 4 N–H and O–H groups in total. The van der Waals surface area contributed by atoms with E-state index in [2.05, 4.69) is 33.3 Å². The van der Waals surface area contributed by atoms with Gasteiger partial charge < -0.3 is 25.6 Å². The summed E-state index contributed by atoms with van der Waals surface area (Å²) in [5.74, 6) is 0.528. The molecule has 41 heavy (non-hydrogen) atoms. The standard InChI is InChI=1S/C29H41N7O4S/c1-20-18-21-6-5-7-24(21)28(33-29(37)34-41(38,39)25(30)9-12-31-14-17-35(2)3)27(20)22-8-13-32-26(19-22)40-23-10-15-36(4)16-11-23/h8-9,12-13,18-19,23H,5-7,10-11,14-17,30H2,1-4H3,(H2,33,34,37)/b25-9+,31-12?. The van der Waals surface area contributed by atoms with E-state index >= 15 is 0 Å². The van der Waals surface area contributed by atoms with Crippen molar-refractivity contribution in [2.24, 2.45) is 10.7 Å². The normalized spacial score (nSPS) is 16.8. The van der Waals surface area contributed by atoms with E-state index in [1.165, 1.54) is 12.3 Å². The number of hydrogen-bond donors (Lipinski definition) is 3. The molecular weight excluding hydrogens is 542 g/mol. The molecule has 11 nitrogen and oxygen atoms in total. The summed E-state index contributed by atoms with van der Waals surface area (Å²) in [6.45, 7) is 5.14. The molecule has 2 amide bonds. The number of piperidine rings is 1. The number of carbonyl (C=O) groups is 1. The van der Waals surface area contributed by atoms with E-state index in [1.807, 2.05) is 42.8 Å². The summed E-state index contributed by atoms with van der Waals surface area (Å²) in [4.78, 5) is 25.9. The van der Waals surface area contributed by atoms with E-state index in [0.717, 1.165) is 73.0 Å². The first-order valence-electron chi connectivity index (χ1n) is 13.9. The second-order valence-electron chi connectivity index (χ2n) is 10.9. The van der Waals surface area contributed by atoms with Crippen LogP contribution in [0.2, 0.25) is 0 Å². The molecular formula is C29H41N7O4S. The van der Waals surface area contributed by atoms with Crippen LogP contribution in [0.15, 0.2) is 40.5 Å². The lowest BCUT2D eigenvalue weighted by molar-refractivity contribution is 0.110. The van der Waals surface area contributed by atoms with Crippen LogP contribution in [-0.2, 0) is 22.9 Å². The average molecular weight is 584 g/mol. The number of hydrogen-bond acceptors (Lipinski definition) is 9. The van der Waals surface area contributed by atoms with Crippen molar-refractivity contribution in [3.8, 4) is 17.0 Å². The second kappa shape index (κ2) is 13.5. The van der Waals surface area contributed by atoms with Gasteiger partial charge in [0.2, 0.25) is 5.88 Å². The smallest absolute Gasteiger partial charge is 0.333 e. The van der Waals surface area contributed by atoms with Gasteiger partial charge in [0.15, 0.2) is 0 Å². The molecule has 0 atom stereocenters. The SMILES string of the molecule is Cc1cc2c(c(NC(=O)NS(=O)(=O)/C(N)=C/C=NCCN(C)C)c1-c1ccnc(OC3CCN(C)CC3)c1)CCC2. The maximum absolute atomic E-state index is 13.1. The van der Waals surface area contributed by atoms with Gasteiger partial charge in [0.25, 0.3) is 10.0 Å². The number of anilines is 1. The zero-order valence-electron chi connectivity index (χ0n) is 24.3. The number of nitrogens with one attached hydrogen (secondary N) is 2. The number of fused-ring (bicyclic) bond motifs is 1. The molecule has 1 saturated heterocycles. The highest BCUT2D eigenvalue weighted by atomic mass is 32.2. The minimum absolute atomic E-state index is 0.0974. The number of nitrogens with two attached hydrogens (primary N) is 1. The molecule has 0 unspecified atom stereocenters. The molecule has 1 aliphatic heterocycles. The number of likely N-dealkylation sites (tertiary alicyclic amines) is 1. The van der Waals surface area contributed by atoms with Crippen molar-refractivity contribution in [3.63, 3.8) is 0 Å². The molecule has 0 spiro atoms. The zero-order chi connectivity index (χ0) is 29.6. The number of benzene rings is 1. The molecule has 2 heterocycles. The number of nitrogens with zero attached hydrogens (tertiary/aromatic N) is 4. The topological polar surface area (TPSA) is 142 Å². The largest absolute Gasteiger partial charge is 0.474 e. The van der Waals surface area contributed by atoms with Crippen LogP contribution >= 0.6 is 0 Å². The number of sulfonamides is 1.